The molecule has 7 heteroatoms. The van der Waals surface area contributed by atoms with Crippen LogP contribution in [0.5, 0.6) is 0 Å². The molecule has 1 unspecified atom stereocenters. The monoisotopic (exact) mass is 213 g/mol. The highest BCUT2D eigenvalue weighted by Gasteiger charge is 2.52. The number of hydrogen-bond acceptors (Lipinski definition) is 3. The van der Waals surface area contributed by atoms with E-state index in [0.717, 1.165) is 6.26 Å². The quantitative estimate of drug-likeness (QED) is 0.667. The van der Waals surface area contributed by atoms with E-state index >= 15 is 0 Å². The van der Waals surface area contributed by atoms with Crippen molar-refractivity contribution in [1.82, 2.24) is 5.32 Å². The summed E-state index contributed by atoms with van der Waals surface area (Å²) in [6.45, 7) is -0.279. The van der Waals surface area contributed by atoms with Gasteiger partial charge in [0.15, 0.2) is 0 Å². The van der Waals surface area contributed by atoms with Crippen molar-refractivity contribution >= 4 is 15.7 Å². The van der Waals surface area contributed by atoms with Crippen molar-refractivity contribution in [3.63, 3.8) is 0 Å². The molecule has 1 atom stereocenters. The third kappa shape index (κ3) is 2.15. The molecule has 0 radical (unpaired) electrons. The highest BCUT2D eigenvalue weighted by Crippen LogP contribution is 2.29. The van der Waals surface area contributed by atoms with Crippen molar-refractivity contribution in [2.45, 2.75) is 5.92 Å². The van der Waals surface area contributed by atoms with E-state index < -0.39 is 33.3 Å². The van der Waals surface area contributed by atoms with Gasteiger partial charge in [0, 0.05) is 12.8 Å². The van der Waals surface area contributed by atoms with Crippen LogP contribution in [0.3, 0.4) is 0 Å². The first-order valence-electron chi connectivity index (χ1n) is 3.57. The second-order valence-electron chi connectivity index (χ2n) is 3.12. The molecule has 0 aromatic rings. The van der Waals surface area contributed by atoms with Crippen LogP contribution in [-0.4, -0.2) is 38.8 Å². The highest BCUT2D eigenvalue weighted by molar-refractivity contribution is 7.90. The first-order valence-corrected chi connectivity index (χ1v) is 5.63. The summed E-state index contributed by atoms with van der Waals surface area (Å²) in [7, 11) is -3.47. The smallest absolute Gasteiger partial charge is 0.329 e. The third-order valence-electron chi connectivity index (χ3n) is 1.83. The van der Waals surface area contributed by atoms with Crippen molar-refractivity contribution in [3.8, 4) is 0 Å². The summed E-state index contributed by atoms with van der Waals surface area (Å²) in [5.41, 5.74) is 0. The minimum absolute atomic E-state index is 0.279. The average Bonchev–Trinajstić information content (AvgIpc) is 2.13. The number of nitrogens with one attached hydrogen (secondary N) is 1. The van der Waals surface area contributed by atoms with Gasteiger partial charge in [0.05, 0.1) is 11.7 Å². The first-order chi connectivity index (χ1) is 5.73. The van der Waals surface area contributed by atoms with Crippen LogP contribution < -0.4 is 5.32 Å². The van der Waals surface area contributed by atoms with E-state index in [1.54, 1.807) is 0 Å². The fraction of sp³-hybridized carbons (Fsp3) is 0.833. The summed E-state index contributed by atoms with van der Waals surface area (Å²) in [5, 5.41) is 1.93. The van der Waals surface area contributed by atoms with Crippen LogP contribution in [0.1, 0.15) is 0 Å². The number of carbonyl (C=O) groups excluding carboxylic acids is 1. The largest absolute Gasteiger partial charge is 0.350 e. The number of sulfone groups is 1. The number of hydrogen-bond donors (Lipinski definition) is 1. The van der Waals surface area contributed by atoms with E-state index in [1.165, 1.54) is 0 Å². The van der Waals surface area contributed by atoms with Gasteiger partial charge in [-0.15, -0.1) is 0 Å². The van der Waals surface area contributed by atoms with Gasteiger partial charge in [-0.3, -0.25) is 4.79 Å². The summed E-state index contributed by atoms with van der Waals surface area (Å²) in [5.74, 6) is -7.04. The molecule has 1 heterocycles. The van der Waals surface area contributed by atoms with Crippen LogP contribution in [0.4, 0.5) is 8.78 Å². The lowest BCUT2D eigenvalue weighted by Gasteiger charge is -2.13. The zero-order chi connectivity index (χ0) is 10.3. The van der Waals surface area contributed by atoms with Crippen molar-refractivity contribution in [2.24, 2.45) is 5.92 Å². The van der Waals surface area contributed by atoms with Gasteiger partial charge in [-0.2, -0.15) is 8.78 Å². The van der Waals surface area contributed by atoms with Gasteiger partial charge in [0.1, 0.15) is 9.84 Å². The molecule has 76 valence electrons. The predicted octanol–water partition coefficient (Wildman–Crippen LogP) is -0.588. The Labute approximate surface area is 74.2 Å². The van der Waals surface area contributed by atoms with E-state index in [2.05, 4.69) is 0 Å². The third-order valence-corrected chi connectivity index (χ3v) is 2.84. The van der Waals surface area contributed by atoms with E-state index in [0.29, 0.717) is 0 Å². The average molecular weight is 213 g/mol. The zero-order valence-corrected chi connectivity index (χ0v) is 7.70. The van der Waals surface area contributed by atoms with Crippen molar-refractivity contribution in [2.75, 3.05) is 18.6 Å². The van der Waals surface area contributed by atoms with Gasteiger partial charge in [-0.25, -0.2) is 8.42 Å². The minimum Gasteiger partial charge on any atom is -0.350 e. The molecule has 1 aliphatic rings. The lowest BCUT2D eigenvalue weighted by molar-refractivity contribution is -0.143. The Bertz CT molecular complexity index is 325. The zero-order valence-electron chi connectivity index (χ0n) is 6.88. The van der Waals surface area contributed by atoms with E-state index in [1.807, 2.05) is 5.32 Å². The fourth-order valence-corrected chi connectivity index (χ4v) is 2.23. The molecule has 1 fully saturated rings. The Hall–Kier alpha value is -0.720. The van der Waals surface area contributed by atoms with E-state index in [-0.39, 0.29) is 6.54 Å². The lowest BCUT2D eigenvalue weighted by atomic mass is 10.1. The molecule has 1 saturated heterocycles. The Kier molecular flexibility index (Phi) is 2.31. The van der Waals surface area contributed by atoms with Gasteiger partial charge < -0.3 is 5.32 Å². The molecule has 0 aliphatic carbocycles. The molecule has 1 aliphatic heterocycles. The maximum atomic E-state index is 12.9. The minimum atomic E-state index is -3.55. The Morgan fingerprint density at radius 3 is 2.46 bits per heavy atom. The maximum absolute atomic E-state index is 12.9. The summed E-state index contributed by atoms with van der Waals surface area (Å²) >= 11 is 0. The Morgan fingerprint density at radius 1 is 1.62 bits per heavy atom. The van der Waals surface area contributed by atoms with E-state index in [4.69, 9.17) is 0 Å². The van der Waals surface area contributed by atoms with Crippen LogP contribution in [0.15, 0.2) is 0 Å². The molecule has 1 N–H and O–H groups in total. The normalized spacial score (nSPS) is 27.3. The first kappa shape index (κ1) is 10.4. The molecule has 0 saturated carbocycles. The lowest BCUT2D eigenvalue weighted by Crippen LogP contribution is -2.35. The van der Waals surface area contributed by atoms with Crippen LogP contribution >= 0.6 is 0 Å². The molecule has 1 rings (SSSR count). The SMILES string of the molecule is CS(=O)(=O)CC1CNC(=O)C1(F)F. The number of amides is 1. The summed E-state index contributed by atoms with van der Waals surface area (Å²) < 4.78 is 47.1. The molecular formula is C6H9F2NO3S. The van der Waals surface area contributed by atoms with Gasteiger partial charge in [-0.05, 0) is 0 Å². The van der Waals surface area contributed by atoms with E-state index in [9.17, 15) is 22.0 Å². The second-order valence-corrected chi connectivity index (χ2v) is 5.31. The van der Waals surface area contributed by atoms with Crippen molar-refractivity contribution in [3.05, 3.63) is 0 Å². The topological polar surface area (TPSA) is 63.2 Å². The second kappa shape index (κ2) is 2.90. The highest BCUT2D eigenvalue weighted by atomic mass is 32.2. The van der Waals surface area contributed by atoms with Gasteiger partial charge in [0.2, 0.25) is 0 Å². The van der Waals surface area contributed by atoms with Gasteiger partial charge in [-0.1, -0.05) is 0 Å². The number of alkyl halides is 2. The van der Waals surface area contributed by atoms with Gasteiger partial charge >= 0.3 is 5.92 Å². The Morgan fingerprint density at radius 2 is 2.15 bits per heavy atom. The number of halogens is 2. The maximum Gasteiger partial charge on any atom is 0.329 e. The molecule has 0 bridgehead atoms. The van der Waals surface area contributed by atoms with Crippen LogP contribution in [-0.2, 0) is 14.6 Å². The standard InChI is InChI=1S/C6H9F2NO3S/c1-13(11,12)3-4-2-9-5(10)6(4,7)8/h4H,2-3H2,1H3,(H,9,10). The Balaban J connectivity index is 2.80. The molecule has 13 heavy (non-hydrogen) atoms. The van der Waals surface area contributed by atoms with Gasteiger partial charge in [0.25, 0.3) is 5.91 Å². The van der Waals surface area contributed by atoms with Crippen molar-refractivity contribution in [1.29, 1.82) is 0 Å². The van der Waals surface area contributed by atoms with Crippen LogP contribution in [0, 0.1) is 5.92 Å². The molecule has 1 amide bonds. The molecular weight excluding hydrogens is 204 g/mol. The molecule has 0 aromatic heterocycles. The molecule has 0 spiro atoms. The van der Waals surface area contributed by atoms with Crippen molar-refractivity contribution < 1.29 is 22.0 Å². The summed E-state index contributed by atoms with van der Waals surface area (Å²) in [4.78, 5) is 10.5. The predicted molar refractivity (Wildman–Crippen MR) is 41.2 cm³/mol. The molecule has 4 nitrogen and oxygen atoms in total. The summed E-state index contributed by atoms with van der Waals surface area (Å²) in [6, 6.07) is 0. The summed E-state index contributed by atoms with van der Waals surface area (Å²) in [6.07, 6.45) is 0.867. The van der Waals surface area contributed by atoms with Crippen LogP contribution in [0.2, 0.25) is 0 Å². The number of rotatable bonds is 2. The fourth-order valence-electron chi connectivity index (χ4n) is 1.18. The van der Waals surface area contributed by atoms with Crippen LogP contribution in [0.25, 0.3) is 0 Å². The molecule has 0 aromatic carbocycles. The number of carbonyl (C=O) groups is 1.